The van der Waals surface area contributed by atoms with E-state index in [1.807, 2.05) is 24.3 Å². The highest BCUT2D eigenvalue weighted by Gasteiger charge is 2.04. The summed E-state index contributed by atoms with van der Waals surface area (Å²) in [5.74, 6) is 0.586. The van der Waals surface area contributed by atoms with Crippen molar-refractivity contribution in [1.29, 1.82) is 0 Å². The fraction of sp³-hybridized carbons (Fsp3) is 0. The summed E-state index contributed by atoms with van der Waals surface area (Å²) < 4.78 is 0. The van der Waals surface area contributed by atoms with E-state index in [-0.39, 0.29) is 0 Å². The number of benzene rings is 1. The Labute approximate surface area is 85.2 Å². The van der Waals surface area contributed by atoms with Crippen molar-refractivity contribution >= 4 is 11.0 Å². The highest BCUT2D eigenvalue weighted by Crippen LogP contribution is 2.14. The number of aromatic nitrogens is 5. The lowest BCUT2D eigenvalue weighted by Gasteiger charge is -1.97. The van der Waals surface area contributed by atoms with E-state index in [1.165, 1.54) is 0 Å². The third-order valence-electron chi connectivity index (χ3n) is 2.12. The largest absolute Gasteiger partial charge is 0.285 e. The molecule has 0 saturated heterocycles. The van der Waals surface area contributed by atoms with Gasteiger partial charge in [-0.05, 0) is 12.1 Å². The highest BCUT2D eigenvalue weighted by atomic mass is 15.2. The molecule has 0 unspecified atom stereocenters. The Bertz CT molecular complexity index is 588. The van der Waals surface area contributed by atoms with Crippen LogP contribution in [0, 0.1) is 0 Å². The fourth-order valence-corrected chi connectivity index (χ4v) is 1.38. The number of rotatable bonds is 1. The fourth-order valence-electron chi connectivity index (χ4n) is 1.38. The molecule has 5 nitrogen and oxygen atoms in total. The Balaban J connectivity index is 2.22. The number of hydrogen-bond acceptors (Lipinski definition) is 4. The van der Waals surface area contributed by atoms with Gasteiger partial charge in [0.2, 0.25) is 0 Å². The van der Waals surface area contributed by atoms with Gasteiger partial charge in [0.25, 0.3) is 0 Å². The maximum Gasteiger partial charge on any atom is 0.185 e. The van der Waals surface area contributed by atoms with E-state index in [1.54, 1.807) is 12.4 Å². The Morgan fingerprint density at radius 1 is 1.00 bits per heavy atom. The maximum atomic E-state index is 4.38. The second kappa shape index (κ2) is 3.13. The number of para-hydroxylation sites is 1. The molecule has 2 heterocycles. The molecule has 72 valence electrons. The van der Waals surface area contributed by atoms with Gasteiger partial charge >= 0.3 is 0 Å². The van der Waals surface area contributed by atoms with Crippen LogP contribution in [0.25, 0.3) is 22.4 Å². The third-order valence-corrected chi connectivity index (χ3v) is 2.12. The molecule has 2 aromatic heterocycles. The summed E-state index contributed by atoms with van der Waals surface area (Å²) in [7, 11) is 0. The van der Waals surface area contributed by atoms with Crippen LogP contribution in [0.2, 0.25) is 0 Å². The minimum Gasteiger partial charge on any atom is -0.285 e. The van der Waals surface area contributed by atoms with E-state index in [2.05, 4.69) is 25.4 Å². The number of H-pyrrole nitrogens is 1. The molecule has 1 aromatic carbocycles. The lowest BCUT2D eigenvalue weighted by molar-refractivity contribution is 1.03. The first-order chi connectivity index (χ1) is 7.43. The van der Waals surface area contributed by atoms with Crippen LogP contribution in [0.3, 0.4) is 0 Å². The number of nitrogens with one attached hydrogen (secondary N) is 1. The van der Waals surface area contributed by atoms with E-state index in [9.17, 15) is 0 Å². The van der Waals surface area contributed by atoms with Crippen LogP contribution in [0.1, 0.15) is 0 Å². The van der Waals surface area contributed by atoms with Crippen molar-refractivity contribution < 1.29 is 0 Å². The monoisotopic (exact) mass is 197 g/mol. The summed E-state index contributed by atoms with van der Waals surface area (Å²) in [5.41, 5.74) is 2.47. The van der Waals surface area contributed by atoms with Gasteiger partial charge in [0.05, 0.1) is 17.3 Å². The second-order valence-corrected chi connectivity index (χ2v) is 3.11. The molecule has 0 radical (unpaired) electrons. The molecule has 0 spiro atoms. The topological polar surface area (TPSA) is 67.3 Å². The first-order valence-corrected chi connectivity index (χ1v) is 4.52. The van der Waals surface area contributed by atoms with Crippen LogP contribution in [-0.4, -0.2) is 25.4 Å². The molecule has 0 atom stereocenters. The van der Waals surface area contributed by atoms with Gasteiger partial charge in [-0.25, -0.2) is 4.98 Å². The molecule has 0 aliphatic carbocycles. The minimum atomic E-state index is 0.586. The van der Waals surface area contributed by atoms with Crippen molar-refractivity contribution in [2.75, 3.05) is 0 Å². The molecule has 0 fully saturated rings. The highest BCUT2D eigenvalue weighted by molar-refractivity contribution is 5.75. The molecule has 5 heteroatoms. The first-order valence-electron chi connectivity index (χ1n) is 4.52. The zero-order chi connectivity index (χ0) is 10.1. The third kappa shape index (κ3) is 1.34. The van der Waals surface area contributed by atoms with E-state index < -0.39 is 0 Å². The average molecular weight is 197 g/mol. The van der Waals surface area contributed by atoms with Gasteiger partial charge in [-0.3, -0.25) is 5.10 Å². The lowest BCUT2D eigenvalue weighted by atomic mass is 10.3. The SMILES string of the molecule is c1ccc2nc(-c3cn[nH]c3)nnc2c1. The molecule has 0 saturated carbocycles. The number of nitrogens with zero attached hydrogens (tertiary/aromatic N) is 4. The summed E-state index contributed by atoms with van der Waals surface area (Å²) >= 11 is 0. The van der Waals surface area contributed by atoms with Crippen molar-refractivity contribution in [2.45, 2.75) is 0 Å². The van der Waals surface area contributed by atoms with Crippen LogP contribution in [0.5, 0.6) is 0 Å². The van der Waals surface area contributed by atoms with Crippen LogP contribution >= 0.6 is 0 Å². The van der Waals surface area contributed by atoms with Crippen LogP contribution < -0.4 is 0 Å². The van der Waals surface area contributed by atoms with Crippen molar-refractivity contribution in [3.63, 3.8) is 0 Å². The normalized spacial score (nSPS) is 10.7. The van der Waals surface area contributed by atoms with Crippen molar-refractivity contribution in [1.82, 2.24) is 25.4 Å². The Kier molecular flexibility index (Phi) is 1.68. The maximum absolute atomic E-state index is 4.38. The smallest absolute Gasteiger partial charge is 0.185 e. The lowest BCUT2D eigenvalue weighted by Crippen LogP contribution is -1.92. The molecule has 1 N–H and O–H groups in total. The zero-order valence-electron chi connectivity index (χ0n) is 7.75. The van der Waals surface area contributed by atoms with Gasteiger partial charge in [0.15, 0.2) is 5.82 Å². The van der Waals surface area contributed by atoms with Crippen molar-refractivity contribution in [3.8, 4) is 11.4 Å². The molecular formula is C10H7N5. The minimum absolute atomic E-state index is 0.586. The average Bonchev–Trinajstić information content (AvgIpc) is 2.82. The number of fused-ring (bicyclic) bond motifs is 1. The van der Waals surface area contributed by atoms with Gasteiger partial charge in [-0.15, -0.1) is 10.2 Å². The van der Waals surface area contributed by atoms with E-state index in [4.69, 9.17) is 0 Å². The summed E-state index contributed by atoms with van der Waals surface area (Å²) in [4.78, 5) is 4.38. The summed E-state index contributed by atoms with van der Waals surface area (Å²) in [6.07, 6.45) is 3.41. The Morgan fingerprint density at radius 3 is 2.67 bits per heavy atom. The second-order valence-electron chi connectivity index (χ2n) is 3.11. The van der Waals surface area contributed by atoms with Crippen LogP contribution in [0.15, 0.2) is 36.7 Å². The summed E-state index contributed by atoms with van der Waals surface area (Å²) in [6.45, 7) is 0. The summed E-state index contributed by atoms with van der Waals surface area (Å²) in [6, 6.07) is 7.63. The van der Waals surface area contributed by atoms with Crippen molar-refractivity contribution in [2.24, 2.45) is 0 Å². The van der Waals surface area contributed by atoms with Gasteiger partial charge < -0.3 is 0 Å². The number of aromatic amines is 1. The molecule has 3 aromatic rings. The number of hydrogen-bond donors (Lipinski definition) is 1. The quantitative estimate of drug-likeness (QED) is 0.640. The molecule has 15 heavy (non-hydrogen) atoms. The zero-order valence-corrected chi connectivity index (χ0v) is 7.75. The molecule has 0 bridgehead atoms. The van der Waals surface area contributed by atoms with Gasteiger partial charge in [-0.2, -0.15) is 5.10 Å². The van der Waals surface area contributed by atoms with Gasteiger partial charge in [0, 0.05) is 6.20 Å². The van der Waals surface area contributed by atoms with Gasteiger partial charge in [0.1, 0.15) is 5.52 Å². The van der Waals surface area contributed by atoms with E-state index in [0.29, 0.717) is 5.82 Å². The standard InChI is InChI=1S/C10H7N5/c1-2-4-9-8(3-1)13-10(15-14-9)7-5-11-12-6-7/h1-6H,(H,11,12). The van der Waals surface area contributed by atoms with Crippen LogP contribution in [-0.2, 0) is 0 Å². The molecule has 0 aliphatic rings. The molecule has 3 rings (SSSR count). The first kappa shape index (κ1) is 8.05. The van der Waals surface area contributed by atoms with E-state index in [0.717, 1.165) is 16.6 Å². The van der Waals surface area contributed by atoms with E-state index >= 15 is 0 Å². The predicted molar refractivity (Wildman–Crippen MR) is 54.9 cm³/mol. The van der Waals surface area contributed by atoms with Gasteiger partial charge in [-0.1, -0.05) is 12.1 Å². The Hall–Kier alpha value is -2.30. The van der Waals surface area contributed by atoms with Crippen molar-refractivity contribution in [3.05, 3.63) is 36.7 Å². The summed E-state index contributed by atoms with van der Waals surface area (Å²) in [5, 5.41) is 14.7. The predicted octanol–water partition coefficient (Wildman–Crippen LogP) is 1.41. The van der Waals surface area contributed by atoms with Crippen LogP contribution in [0.4, 0.5) is 0 Å². The molecule has 0 amide bonds. The Morgan fingerprint density at radius 2 is 1.87 bits per heavy atom. The molecular weight excluding hydrogens is 190 g/mol. The molecule has 0 aliphatic heterocycles.